The van der Waals surface area contributed by atoms with Crippen LogP contribution in [0.2, 0.25) is 0 Å². The van der Waals surface area contributed by atoms with E-state index >= 15 is 0 Å². The van der Waals surface area contributed by atoms with Crippen LogP contribution in [0, 0.1) is 17.8 Å². The molecule has 3 aliphatic rings. The van der Waals surface area contributed by atoms with E-state index in [2.05, 4.69) is 4.90 Å². The van der Waals surface area contributed by atoms with Gasteiger partial charge < -0.3 is 9.64 Å². The van der Waals surface area contributed by atoms with Gasteiger partial charge in [0.2, 0.25) is 0 Å². The van der Waals surface area contributed by atoms with Gasteiger partial charge in [0.15, 0.2) is 0 Å². The van der Waals surface area contributed by atoms with E-state index in [1.165, 1.54) is 19.3 Å². The fourth-order valence-corrected chi connectivity index (χ4v) is 4.94. The number of carbonyl (C=O) groups excluding carboxylic acids is 1. The first-order chi connectivity index (χ1) is 11.0. The molecule has 1 heterocycles. The highest BCUT2D eigenvalue weighted by Gasteiger charge is 2.51. The number of esters is 1. The average Bonchev–Trinajstić information content (AvgIpc) is 3.10. The molecule has 132 valence electrons. The largest absolute Gasteiger partial charge is 0.459 e. The van der Waals surface area contributed by atoms with Crippen LogP contribution >= 0.6 is 0 Å². The van der Waals surface area contributed by atoms with Gasteiger partial charge in [-0.05, 0) is 57.0 Å². The summed E-state index contributed by atoms with van der Waals surface area (Å²) in [5.41, 5.74) is 0. The zero-order valence-electron chi connectivity index (χ0n) is 13.7. The molecule has 3 fully saturated rings. The predicted molar refractivity (Wildman–Crippen MR) is 85.4 cm³/mol. The van der Waals surface area contributed by atoms with Gasteiger partial charge in [-0.15, -0.1) is 0 Å². The maximum absolute atomic E-state index is 12.4. The van der Waals surface area contributed by atoms with Crippen LogP contribution < -0.4 is 0 Å². The lowest BCUT2D eigenvalue weighted by Crippen LogP contribution is -2.41. The van der Waals surface area contributed by atoms with E-state index in [1.54, 1.807) is 0 Å². The van der Waals surface area contributed by atoms with Crippen LogP contribution in [0.1, 0.15) is 45.4 Å². The Balaban J connectivity index is 1.55. The third kappa shape index (κ3) is 4.06. The predicted octanol–water partition coefficient (Wildman–Crippen LogP) is 1.36. The molecule has 23 heavy (non-hydrogen) atoms. The molecular formula is C16H27NO5S. The third-order valence-electron chi connectivity index (χ3n) is 5.61. The monoisotopic (exact) mass is 345 g/mol. The highest BCUT2D eigenvalue weighted by atomic mass is 32.2. The Morgan fingerprint density at radius 3 is 2.43 bits per heavy atom. The lowest BCUT2D eigenvalue weighted by atomic mass is 9.94. The molecule has 0 aromatic rings. The van der Waals surface area contributed by atoms with Crippen molar-refractivity contribution in [3.8, 4) is 0 Å². The van der Waals surface area contributed by atoms with Gasteiger partial charge in [0, 0.05) is 6.54 Å². The molecule has 1 aliphatic heterocycles. The molecule has 0 aromatic carbocycles. The first-order valence-corrected chi connectivity index (χ1v) is 9.88. The summed E-state index contributed by atoms with van der Waals surface area (Å²) in [6.45, 7) is 4.72. The van der Waals surface area contributed by atoms with Crippen molar-refractivity contribution in [2.45, 2.75) is 57.7 Å². The molecule has 2 bridgehead atoms. The first kappa shape index (κ1) is 17.2. The summed E-state index contributed by atoms with van der Waals surface area (Å²) in [6, 6.07) is 0. The summed E-state index contributed by atoms with van der Waals surface area (Å²) >= 11 is 0. The SMILES string of the molecule is CC(CN1CCCCC1)C(=O)OC1C2CCC(C2)C1O[SH](=O)=O. The Hall–Kier alpha value is -0.660. The summed E-state index contributed by atoms with van der Waals surface area (Å²) in [5.74, 6) is 0.0610. The van der Waals surface area contributed by atoms with Crippen LogP contribution in [-0.4, -0.2) is 51.1 Å². The highest BCUT2D eigenvalue weighted by Crippen LogP contribution is 2.47. The number of rotatable bonds is 6. The van der Waals surface area contributed by atoms with Gasteiger partial charge >= 0.3 is 5.97 Å². The van der Waals surface area contributed by atoms with E-state index in [1.807, 2.05) is 6.92 Å². The number of nitrogens with zero attached hydrogens (tertiary/aromatic N) is 1. The summed E-state index contributed by atoms with van der Waals surface area (Å²) in [7, 11) is -2.90. The number of fused-ring (bicyclic) bond motifs is 2. The zero-order chi connectivity index (χ0) is 16.4. The fourth-order valence-electron chi connectivity index (χ4n) is 4.45. The van der Waals surface area contributed by atoms with E-state index < -0.39 is 23.2 Å². The van der Waals surface area contributed by atoms with Crippen LogP contribution in [0.4, 0.5) is 0 Å². The van der Waals surface area contributed by atoms with Gasteiger partial charge in [-0.1, -0.05) is 13.3 Å². The minimum atomic E-state index is -2.90. The van der Waals surface area contributed by atoms with E-state index in [-0.39, 0.29) is 23.7 Å². The molecular weight excluding hydrogens is 318 g/mol. The molecule has 2 saturated carbocycles. The number of thiol groups is 1. The van der Waals surface area contributed by atoms with Crippen LogP contribution in [0.15, 0.2) is 0 Å². The van der Waals surface area contributed by atoms with Gasteiger partial charge in [-0.2, -0.15) is 0 Å². The standard InChI is InChI=1S/C16H27NO5S/c1-11(10-17-7-3-2-4-8-17)16(18)21-14-12-5-6-13(9-12)15(14)22-23(19)20/h11-15,23H,2-10H2,1H3. The topological polar surface area (TPSA) is 72.9 Å². The molecule has 0 spiro atoms. The lowest BCUT2D eigenvalue weighted by molar-refractivity contribution is -0.162. The van der Waals surface area contributed by atoms with Gasteiger partial charge in [0.05, 0.1) is 5.92 Å². The average molecular weight is 345 g/mol. The maximum atomic E-state index is 12.4. The molecule has 0 aromatic heterocycles. The van der Waals surface area contributed by atoms with Crippen LogP contribution in [-0.2, 0) is 24.7 Å². The molecule has 0 amide bonds. The lowest BCUT2D eigenvalue weighted by Gasteiger charge is -2.31. The minimum absolute atomic E-state index is 0.186. The Morgan fingerprint density at radius 1 is 1.13 bits per heavy atom. The van der Waals surface area contributed by atoms with Crippen molar-refractivity contribution in [2.24, 2.45) is 17.8 Å². The van der Waals surface area contributed by atoms with Crippen LogP contribution in [0.5, 0.6) is 0 Å². The first-order valence-electron chi connectivity index (χ1n) is 8.78. The molecule has 3 rings (SSSR count). The van der Waals surface area contributed by atoms with Crippen molar-refractivity contribution in [2.75, 3.05) is 19.6 Å². The number of carbonyl (C=O) groups is 1. The molecule has 0 radical (unpaired) electrons. The Labute approximate surface area is 139 Å². The Kier molecular flexibility index (Phi) is 5.59. The Bertz CT molecular complexity index is 495. The highest BCUT2D eigenvalue weighted by molar-refractivity contribution is 7.67. The molecule has 6 nitrogen and oxygen atoms in total. The number of piperidine rings is 1. The molecule has 5 unspecified atom stereocenters. The number of ether oxygens (including phenoxy) is 1. The quantitative estimate of drug-likeness (QED) is 0.579. The molecule has 2 aliphatic carbocycles. The second-order valence-electron chi connectivity index (χ2n) is 7.29. The van der Waals surface area contributed by atoms with Crippen molar-refractivity contribution >= 4 is 17.0 Å². The third-order valence-corrected chi connectivity index (χ3v) is 6.03. The maximum Gasteiger partial charge on any atom is 0.310 e. The van der Waals surface area contributed by atoms with Crippen molar-refractivity contribution in [3.63, 3.8) is 0 Å². The summed E-state index contributed by atoms with van der Waals surface area (Å²) in [5, 5.41) is 0. The van der Waals surface area contributed by atoms with E-state index in [0.717, 1.165) is 38.9 Å². The van der Waals surface area contributed by atoms with Gasteiger partial charge in [0.1, 0.15) is 12.2 Å². The second kappa shape index (κ2) is 7.49. The summed E-state index contributed by atoms with van der Waals surface area (Å²) < 4.78 is 32.6. The van der Waals surface area contributed by atoms with Gasteiger partial charge in [-0.3, -0.25) is 8.98 Å². The van der Waals surface area contributed by atoms with Crippen LogP contribution in [0.25, 0.3) is 0 Å². The normalized spacial score (nSPS) is 35.6. The van der Waals surface area contributed by atoms with E-state index in [0.29, 0.717) is 0 Å². The number of hydrogen-bond acceptors (Lipinski definition) is 6. The fraction of sp³-hybridized carbons (Fsp3) is 0.938. The smallest absolute Gasteiger partial charge is 0.310 e. The van der Waals surface area contributed by atoms with Crippen molar-refractivity contribution in [3.05, 3.63) is 0 Å². The van der Waals surface area contributed by atoms with Crippen molar-refractivity contribution in [1.82, 2.24) is 4.90 Å². The minimum Gasteiger partial charge on any atom is -0.459 e. The molecule has 0 N–H and O–H groups in total. The second-order valence-corrected chi connectivity index (χ2v) is 7.95. The Morgan fingerprint density at radius 2 is 1.78 bits per heavy atom. The number of likely N-dealkylation sites (tertiary alicyclic amines) is 1. The number of hydrogen-bond donors (Lipinski definition) is 1. The van der Waals surface area contributed by atoms with Gasteiger partial charge in [-0.25, -0.2) is 8.42 Å². The van der Waals surface area contributed by atoms with E-state index in [9.17, 15) is 13.2 Å². The summed E-state index contributed by atoms with van der Waals surface area (Å²) in [4.78, 5) is 14.7. The molecule has 1 saturated heterocycles. The van der Waals surface area contributed by atoms with Crippen LogP contribution in [0.3, 0.4) is 0 Å². The van der Waals surface area contributed by atoms with Crippen molar-refractivity contribution in [1.29, 1.82) is 0 Å². The van der Waals surface area contributed by atoms with Crippen molar-refractivity contribution < 1.29 is 22.1 Å². The summed E-state index contributed by atoms with van der Waals surface area (Å²) in [6.07, 6.45) is 5.67. The van der Waals surface area contributed by atoms with Gasteiger partial charge in [0.25, 0.3) is 11.0 Å². The van der Waals surface area contributed by atoms with E-state index in [4.69, 9.17) is 8.92 Å². The zero-order valence-corrected chi connectivity index (χ0v) is 14.6. The molecule has 5 atom stereocenters. The molecule has 7 heteroatoms.